The largest absolute Gasteiger partial charge is 0.299 e. The van der Waals surface area contributed by atoms with Gasteiger partial charge in [-0.25, -0.2) is 8.42 Å². The highest BCUT2D eigenvalue weighted by Gasteiger charge is 2.13. The van der Waals surface area contributed by atoms with E-state index in [4.69, 9.17) is 0 Å². The molecule has 1 heterocycles. The molecule has 1 N–H and O–H groups in total. The number of nitrogens with zero attached hydrogens (tertiary/aromatic N) is 1. The van der Waals surface area contributed by atoms with E-state index < -0.39 is 10.0 Å². The molecule has 0 aliphatic heterocycles. The minimum atomic E-state index is -3.61. The highest BCUT2D eigenvalue weighted by molar-refractivity contribution is 7.92. The molecule has 0 saturated carbocycles. The zero-order chi connectivity index (χ0) is 18.4. The first-order chi connectivity index (χ1) is 12.5. The van der Waals surface area contributed by atoms with E-state index in [2.05, 4.69) is 9.71 Å². The van der Waals surface area contributed by atoms with Crippen molar-refractivity contribution in [1.29, 1.82) is 0 Å². The van der Waals surface area contributed by atoms with Crippen LogP contribution < -0.4 is 4.72 Å². The molecule has 1 aromatic heterocycles. The molecule has 0 atom stereocenters. The number of pyridine rings is 1. The van der Waals surface area contributed by atoms with Crippen LogP contribution in [0.25, 0.3) is 0 Å². The van der Waals surface area contributed by atoms with Gasteiger partial charge >= 0.3 is 0 Å². The predicted octanol–water partition coefficient (Wildman–Crippen LogP) is 3.24. The molecule has 0 radical (unpaired) electrons. The van der Waals surface area contributed by atoms with Crippen LogP contribution in [0.1, 0.15) is 11.1 Å². The van der Waals surface area contributed by atoms with Crippen molar-refractivity contribution in [3.8, 4) is 0 Å². The predicted molar refractivity (Wildman–Crippen MR) is 100 cm³/mol. The van der Waals surface area contributed by atoms with Gasteiger partial charge in [0.1, 0.15) is 5.78 Å². The average Bonchev–Trinajstić information content (AvgIpc) is 2.65. The smallest absolute Gasteiger partial charge is 0.261 e. The van der Waals surface area contributed by atoms with Crippen molar-refractivity contribution in [1.82, 2.24) is 4.98 Å². The summed E-state index contributed by atoms with van der Waals surface area (Å²) in [5.74, 6) is 0.0793. The van der Waals surface area contributed by atoms with Crippen LogP contribution in [0.2, 0.25) is 0 Å². The standard InChI is InChI=1S/C20H18N2O3S/c23-19(14-17-5-4-12-21-15-17)13-16-8-10-18(11-9-16)22-26(24,25)20-6-2-1-3-7-20/h1-12,15,22H,13-14H2. The Bertz CT molecular complexity index is 971. The van der Waals surface area contributed by atoms with Crippen LogP contribution in [0.3, 0.4) is 0 Å². The monoisotopic (exact) mass is 366 g/mol. The minimum absolute atomic E-state index is 0.0793. The summed E-state index contributed by atoms with van der Waals surface area (Å²) in [5.41, 5.74) is 2.17. The van der Waals surface area contributed by atoms with Gasteiger partial charge in [0.15, 0.2) is 0 Å². The van der Waals surface area contributed by atoms with Crippen LogP contribution in [-0.4, -0.2) is 19.2 Å². The van der Waals surface area contributed by atoms with Crippen LogP contribution in [0, 0.1) is 0 Å². The Balaban J connectivity index is 1.62. The van der Waals surface area contributed by atoms with Crippen LogP contribution >= 0.6 is 0 Å². The molecule has 3 aromatic rings. The molecular formula is C20H18N2O3S. The molecule has 132 valence electrons. The van der Waals surface area contributed by atoms with E-state index in [-0.39, 0.29) is 10.7 Å². The Labute approximate surface area is 152 Å². The van der Waals surface area contributed by atoms with Crippen molar-refractivity contribution >= 4 is 21.5 Å². The highest BCUT2D eigenvalue weighted by Crippen LogP contribution is 2.17. The average molecular weight is 366 g/mol. The lowest BCUT2D eigenvalue weighted by Crippen LogP contribution is -2.13. The number of hydrogen-bond acceptors (Lipinski definition) is 4. The summed E-state index contributed by atoms with van der Waals surface area (Å²) in [7, 11) is -3.61. The van der Waals surface area contributed by atoms with E-state index in [1.807, 2.05) is 6.07 Å². The lowest BCUT2D eigenvalue weighted by Gasteiger charge is -2.09. The van der Waals surface area contributed by atoms with Crippen molar-refractivity contribution in [2.45, 2.75) is 17.7 Å². The third-order valence-corrected chi connectivity index (χ3v) is 5.18. The van der Waals surface area contributed by atoms with Gasteiger partial charge in [0, 0.05) is 30.9 Å². The van der Waals surface area contributed by atoms with E-state index in [1.54, 1.807) is 60.9 Å². The molecule has 6 heteroatoms. The van der Waals surface area contributed by atoms with Gasteiger partial charge in [-0.2, -0.15) is 0 Å². The van der Waals surface area contributed by atoms with Gasteiger partial charge in [0.25, 0.3) is 10.0 Å². The fourth-order valence-electron chi connectivity index (χ4n) is 2.52. The van der Waals surface area contributed by atoms with E-state index in [0.717, 1.165) is 11.1 Å². The molecule has 5 nitrogen and oxygen atoms in total. The maximum atomic E-state index is 12.3. The number of rotatable bonds is 7. The van der Waals surface area contributed by atoms with Gasteiger partial charge in [-0.3, -0.25) is 14.5 Å². The molecule has 0 fully saturated rings. The van der Waals surface area contributed by atoms with E-state index in [0.29, 0.717) is 18.5 Å². The number of aromatic nitrogens is 1. The molecule has 0 aliphatic carbocycles. The second-order valence-electron chi connectivity index (χ2n) is 5.87. The van der Waals surface area contributed by atoms with Gasteiger partial charge in [-0.1, -0.05) is 36.4 Å². The summed E-state index contributed by atoms with van der Waals surface area (Å²) < 4.78 is 27.1. The fraction of sp³-hybridized carbons (Fsp3) is 0.100. The van der Waals surface area contributed by atoms with Gasteiger partial charge in [0.05, 0.1) is 4.90 Å². The first-order valence-corrected chi connectivity index (χ1v) is 9.59. The molecule has 2 aromatic carbocycles. The van der Waals surface area contributed by atoms with E-state index in [1.165, 1.54) is 12.1 Å². The van der Waals surface area contributed by atoms with Gasteiger partial charge in [0.2, 0.25) is 0 Å². The summed E-state index contributed by atoms with van der Waals surface area (Å²) in [5, 5.41) is 0. The molecular weight excluding hydrogens is 348 g/mol. The number of benzene rings is 2. The fourth-order valence-corrected chi connectivity index (χ4v) is 3.60. The first kappa shape index (κ1) is 17.8. The normalized spacial score (nSPS) is 11.1. The maximum Gasteiger partial charge on any atom is 0.261 e. The molecule has 0 spiro atoms. The lowest BCUT2D eigenvalue weighted by atomic mass is 10.0. The van der Waals surface area contributed by atoms with Crippen molar-refractivity contribution in [3.63, 3.8) is 0 Å². The lowest BCUT2D eigenvalue weighted by molar-refractivity contribution is -0.117. The van der Waals surface area contributed by atoms with E-state index in [9.17, 15) is 13.2 Å². The summed E-state index contributed by atoms with van der Waals surface area (Å²) >= 11 is 0. The number of anilines is 1. The summed E-state index contributed by atoms with van der Waals surface area (Å²) in [6, 6.07) is 18.7. The zero-order valence-corrected chi connectivity index (χ0v) is 14.8. The molecule has 0 saturated heterocycles. The van der Waals surface area contributed by atoms with E-state index >= 15 is 0 Å². The second kappa shape index (κ2) is 7.93. The number of carbonyl (C=O) groups is 1. The quantitative estimate of drug-likeness (QED) is 0.696. The summed E-state index contributed by atoms with van der Waals surface area (Å²) in [4.78, 5) is 16.3. The number of hydrogen-bond donors (Lipinski definition) is 1. The number of carbonyl (C=O) groups excluding carboxylic acids is 1. The van der Waals surface area contributed by atoms with Crippen molar-refractivity contribution in [2.24, 2.45) is 0 Å². The van der Waals surface area contributed by atoms with Gasteiger partial charge in [-0.05, 0) is 41.5 Å². The molecule has 0 unspecified atom stereocenters. The number of sulfonamides is 1. The highest BCUT2D eigenvalue weighted by atomic mass is 32.2. The number of ketones is 1. The summed E-state index contributed by atoms with van der Waals surface area (Å²) in [6.07, 6.45) is 3.97. The Hall–Kier alpha value is -2.99. The topological polar surface area (TPSA) is 76.1 Å². The number of Topliss-reactive ketones (excluding diaryl/α,β-unsaturated/α-hetero) is 1. The van der Waals surface area contributed by atoms with Crippen LogP contribution in [0.4, 0.5) is 5.69 Å². The first-order valence-electron chi connectivity index (χ1n) is 8.10. The summed E-state index contributed by atoms with van der Waals surface area (Å²) in [6.45, 7) is 0. The Morgan fingerprint density at radius 2 is 1.54 bits per heavy atom. The minimum Gasteiger partial charge on any atom is -0.299 e. The Morgan fingerprint density at radius 3 is 2.19 bits per heavy atom. The van der Waals surface area contributed by atoms with Gasteiger partial charge < -0.3 is 0 Å². The molecule has 3 rings (SSSR count). The number of nitrogens with one attached hydrogen (secondary N) is 1. The van der Waals surface area contributed by atoms with Crippen molar-refractivity contribution < 1.29 is 13.2 Å². The van der Waals surface area contributed by atoms with Crippen LogP contribution in [0.5, 0.6) is 0 Å². The third-order valence-electron chi connectivity index (χ3n) is 3.79. The van der Waals surface area contributed by atoms with Crippen LogP contribution in [-0.2, 0) is 27.7 Å². The molecule has 0 bridgehead atoms. The SMILES string of the molecule is O=C(Cc1ccc(NS(=O)(=O)c2ccccc2)cc1)Cc1cccnc1. The Kier molecular flexibility index (Phi) is 5.43. The van der Waals surface area contributed by atoms with Gasteiger partial charge in [-0.15, -0.1) is 0 Å². The molecule has 0 amide bonds. The van der Waals surface area contributed by atoms with Crippen molar-refractivity contribution in [3.05, 3.63) is 90.3 Å². The maximum absolute atomic E-state index is 12.3. The van der Waals surface area contributed by atoms with Crippen LogP contribution in [0.15, 0.2) is 84.0 Å². The second-order valence-corrected chi connectivity index (χ2v) is 7.55. The Morgan fingerprint density at radius 1 is 0.846 bits per heavy atom. The molecule has 26 heavy (non-hydrogen) atoms. The zero-order valence-electron chi connectivity index (χ0n) is 14.0. The third kappa shape index (κ3) is 4.77. The molecule has 0 aliphatic rings. The van der Waals surface area contributed by atoms with Crippen molar-refractivity contribution in [2.75, 3.05) is 4.72 Å².